The van der Waals surface area contributed by atoms with E-state index in [1.807, 2.05) is 0 Å². The van der Waals surface area contributed by atoms with Crippen LogP contribution < -0.4 is 10.6 Å². The third kappa shape index (κ3) is 1.93. The fraction of sp³-hybridized carbons (Fsp3) is 0.750. The maximum absolute atomic E-state index is 12.7. The molecule has 2 atom stereocenters. The van der Waals surface area contributed by atoms with Gasteiger partial charge in [0.15, 0.2) is 0 Å². The van der Waals surface area contributed by atoms with Crippen molar-refractivity contribution in [3.05, 3.63) is 11.2 Å². The van der Waals surface area contributed by atoms with Crippen LogP contribution in [0.3, 0.4) is 0 Å². The van der Waals surface area contributed by atoms with Crippen molar-refractivity contribution in [2.24, 2.45) is 0 Å². The van der Waals surface area contributed by atoms with Crippen LogP contribution in [0.25, 0.3) is 0 Å². The third-order valence-corrected chi connectivity index (χ3v) is 7.96. The summed E-state index contributed by atoms with van der Waals surface area (Å²) < 4.78 is 31.6. The Balaban J connectivity index is 1.62. The molecule has 2 N–H and O–H groups in total. The SMILES string of the molecule is O=S(=O)(c1cnc(C2CC2)s1)C1NCC12CNCCO2. The first-order valence-electron chi connectivity index (χ1n) is 6.89. The first kappa shape index (κ1) is 13.1. The molecule has 0 bridgehead atoms. The molecule has 0 radical (unpaired) electrons. The largest absolute Gasteiger partial charge is 0.368 e. The van der Waals surface area contributed by atoms with Crippen molar-refractivity contribution in [1.82, 2.24) is 15.6 Å². The highest BCUT2D eigenvalue weighted by Crippen LogP contribution is 2.43. The zero-order valence-electron chi connectivity index (χ0n) is 11.0. The summed E-state index contributed by atoms with van der Waals surface area (Å²) in [5.74, 6) is 0.486. The van der Waals surface area contributed by atoms with Gasteiger partial charge in [0.05, 0.1) is 17.8 Å². The van der Waals surface area contributed by atoms with E-state index in [2.05, 4.69) is 15.6 Å². The van der Waals surface area contributed by atoms with E-state index in [-0.39, 0.29) is 0 Å². The standard InChI is InChI=1S/C12H17N3O3S2/c16-20(17,9-5-14-10(19-9)8-1-2-8)11-12(7-15-11)6-13-3-4-18-12/h5,8,11,13,15H,1-4,6-7H2. The highest BCUT2D eigenvalue weighted by Gasteiger charge is 2.56. The van der Waals surface area contributed by atoms with Crippen molar-refractivity contribution in [3.8, 4) is 0 Å². The van der Waals surface area contributed by atoms with Gasteiger partial charge < -0.3 is 10.1 Å². The van der Waals surface area contributed by atoms with E-state index in [1.54, 1.807) is 0 Å². The van der Waals surface area contributed by atoms with Gasteiger partial charge in [-0.15, -0.1) is 11.3 Å². The van der Waals surface area contributed by atoms with Gasteiger partial charge in [0.2, 0.25) is 9.84 Å². The monoisotopic (exact) mass is 315 g/mol. The van der Waals surface area contributed by atoms with Gasteiger partial charge in [-0.3, -0.25) is 5.32 Å². The molecule has 3 fully saturated rings. The molecule has 0 aromatic carbocycles. The number of aromatic nitrogens is 1. The molecule has 1 aromatic heterocycles. The van der Waals surface area contributed by atoms with Crippen molar-refractivity contribution in [1.29, 1.82) is 0 Å². The van der Waals surface area contributed by atoms with E-state index in [4.69, 9.17) is 4.74 Å². The lowest BCUT2D eigenvalue weighted by Crippen LogP contribution is -2.76. The number of sulfone groups is 1. The maximum Gasteiger partial charge on any atom is 0.208 e. The van der Waals surface area contributed by atoms with Gasteiger partial charge in [0, 0.05) is 25.6 Å². The lowest BCUT2D eigenvalue weighted by atomic mass is 9.95. The summed E-state index contributed by atoms with van der Waals surface area (Å²) in [4.78, 5) is 4.27. The van der Waals surface area contributed by atoms with Crippen LogP contribution >= 0.6 is 11.3 Å². The van der Waals surface area contributed by atoms with E-state index in [0.29, 0.717) is 29.8 Å². The molecular formula is C12H17N3O3S2. The summed E-state index contributed by atoms with van der Waals surface area (Å²) in [6.45, 7) is 2.50. The molecule has 2 aliphatic heterocycles. The molecule has 2 unspecified atom stereocenters. The van der Waals surface area contributed by atoms with Crippen molar-refractivity contribution in [2.75, 3.05) is 26.2 Å². The van der Waals surface area contributed by atoms with Crippen LogP contribution in [0.1, 0.15) is 23.8 Å². The van der Waals surface area contributed by atoms with Crippen molar-refractivity contribution >= 4 is 21.2 Å². The lowest BCUT2D eigenvalue weighted by Gasteiger charge is -2.50. The van der Waals surface area contributed by atoms with Gasteiger partial charge in [0.25, 0.3) is 0 Å². The Morgan fingerprint density at radius 1 is 1.40 bits per heavy atom. The van der Waals surface area contributed by atoms with Crippen molar-refractivity contribution in [3.63, 3.8) is 0 Å². The predicted octanol–water partition coefficient (Wildman–Crippen LogP) is 0.0821. The van der Waals surface area contributed by atoms with E-state index in [9.17, 15) is 8.42 Å². The van der Waals surface area contributed by atoms with Crippen LogP contribution in [0, 0.1) is 0 Å². The molecule has 0 amide bonds. The predicted molar refractivity (Wildman–Crippen MR) is 74.6 cm³/mol. The highest BCUT2D eigenvalue weighted by molar-refractivity contribution is 7.94. The Hall–Kier alpha value is -0.540. The van der Waals surface area contributed by atoms with Gasteiger partial charge in [-0.2, -0.15) is 0 Å². The van der Waals surface area contributed by atoms with Crippen LogP contribution in [0.4, 0.5) is 0 Å². The molecule has 1 saturated carbocycles. The number of nitrogens with zero attached hydrogens (tertiary/aromatic N) is 1. The number of hydrogen-bond donors (Lipinski definition) is 2. The van der Waals surface area contributed by atoms with Crippen LogP contribution in [0.2, 0.25) is 0 Å². The van der Waals surface area contributed by atoms with Crippen LogP contribution in [0.5, 0.6) is 0 Å². The number of ether oxygens (including phenoxy) is 1. The van der Waals surface area contributed by atoms with Crippen LogP contribution in [-0.4, -0.2) is 50.6 Å². The molecule has 110 valence electrons. The van der Waals surface area contributed by atoms with Gasteiger partial charge in [-0.25, -0.2) is 13.4 Å². The zero-order valence-corrected chi connectivity index (χ0v) is 12.6. The molecule has 2 saturated heterocycles. The molecule has 20 heavy (non-hydrogen) atoms. The third-order valence-electron chi connectivity index (χ3n) is 4.18. The van der Waals surface area contributed by atoms with E-state index in [0.717, 1.165) is 24.4 Å². The fourth-order valence-electron chi connectivity index (χ4n) is 2.80. The molecule has 3 heterocycles. The minimum Gasteiger partial charge on any atom is -0.368 e. The van der Waals surface area contributed by atoms with Gasteiger partial charge in [-0.1, -0.05) is 0 Å². The Bertz CT molecular complexity index is 618. The number of morpholine rings is 1. The number of nitrogens with one attached hydrogen (secondary N) is 2. The van der Waals surface area contributed by atoms with Gasteiger partial charge >= 0.3 is 0 Å². The van der Waals surface area contributed by atoms with Gasteiger partial charge in [-0.05, 0) is 12.8 Å². The Kier molecular flexibility index (Phi) is 2.94. The van der Waals surface area contributed by atoms with E-state index < -0.39 is 20.8 Å². The van der Waals surface area contributed by atoms with Crippen LogP contribution in [0.15, 0.2) is 10.4 Å². The minimum atomic E-state index is -3.42. The highest BCUT2D eigenvalue weighted by atomic mass is 32.2. The minimum absolute atomic E-state index is 0.366. The number of hydrogen-bond acceptors (Lipinski definition) is 7. The van der Waals surface area contributed by atoms with E-state index >= 15 is 0 Å². The Morgan fingerprint density at radius 3 is 2.85 bits per heavy atom. The summed E-state index contributed by atoms with van der Waals surface area (Å²) in [5.41, 5.74) is -0.610. The summed E-state index contributed by atoms with van der Waals surface area (Å²) in [6, 6.07) is 0. The molecule has 1 aromatic rings. The molecule has 1 spiro atoms. The quantitative estimate of drug-likeness (QED) is 0.822. The average molecular weight is 315 g/mol. The average Bonchev–Trinajstić information content (AvgIpc) is 3.15. The molecule has 3 aliphatic rings. The van der Waals surface area contributed by atoms with E-state index in [1.165, 1.54) is 17.5 Å². The number of thiazole rings is 1. The second-order valence-corrected chi connectivity index (χ2v) is 9.01. The first-order valence-corrected chi connectivity index (χ1v) is 9.26. The number of rotatable bonds is 3. The second-order valence-electron chi connectivity index (χ2n) is 5.69. The van der Waals surface area contributed by atoms with Crippen molar-refractivity contribution < 1.29 is 13.2 Å². The first-order chi connectivity index (χ1) is 9.62. The summed E-state index contributed by atoms with van der Waals surface area (Å²) in [5, 5.41) is 6.55. The second kappa shape index (κ2) is 4.48. The molecule has 4 rings (SSSR count). The maximum atomic E-state index is 12.7. The summed E-state index contributed by atoms with van der Waals surface area (Å²) in [6.07, 6.45) is 3.77. The van der Waals surface area contributed by atoms with Gasteiger partial charge in [0.1, 0.15) is 15.2 Å². The Labute approximate surface area is 121 Å². The van der Waals surface area contributed by atoms with Crippen molar-refractivity contribution in [2.45, 2.75) is 33.9 Å². The fourth-order valence-corrected chi connectivity index (χ4v) is 6.17. The molecular weight excluding hydrogens is 298 g/mol. The zero-order chi connectivity index (χ0) is 13.8. The molecule has 1 aliphatic carbocycles. The molecule has 6 nitrogen and oxygen atoms in total. The summed E-state index contributed by atoms with van der Waals surface area (Å²) >= 11 is 1.32. The van der Waals surface area contributed by atoms with Crippen LogP contribution in [-0.2, 0) is 14.6 Å². The topological polar surface area (TPSA) is 80.3 Å². The smallest absolute Gasteiger partial charge is 0.208 e. The lowest BCUT2D eigenvalue weighted by molar-refractivity contribution is -0.109. The Morgan fingerprint density at radius 2 is 2.25 bits per heavy atom. The summed E-state index contributed by atoms with van der Waals surface area (Å²) in [7, 11) is -3.42. The molecule has 8 heteroatoms. The normalized spacial score (nSPS) is 34.1.